The van der Waals surface area contributed by atoms with Crippen molar-refractivity contribution in [3.63, 3.8) is 0 Å². The van der Waals surface area contributed by atoms with Crippen LogP contribution in [0.1, 0.15) is 30.6 Å². The zero-order valence-electron chi connectivity index (χ0n) is 11.5. The summed E-state index contributed by atoms with van der Waals surface area (Å²) in [6.07, 6.45) is 4.12. The molecule has 1 amide bonds. The van der Waals surface area contributed by atoms with Gasteiger partial charge >= 0.3 is 0 Å². The number of aromatic nitrogens is 2. The van der Waals surface area contributed by atoms with Crippen molar-refractivity contribution in [3.8, 4) is 11.3 Å². The predicted molar refractivity (Wildman–Crippen MR) is 77.5 cm³/mol. The summed E-state index contributed by atoms with van der Waals surface area (Å²) in [5, 5.41) is 2.78. The molecule has 0 fully saturated rings. The minimum absolute atomic E-state index is 0.0433. The molecule has 0 aliphatic rings. The van der Waals surface area contributed by atoms with Crippen LogP contribution in [0.25, 0.3) is 11.3 Å². The maximum absolute atomic E-state index is 12.0. The van der Waals surface area contributed by atoms with Gasteiger partial charge in [-0.25, -0.2) is 0 Å². The highest BCUT2D eigenvalue weighted by atomic mass is 16.2. The molecule has 0 unspecified atom stereocenters. The van der Waals surface area contributed by atoms with Crippen LogP contribution in [0.4, 0.5) is 0 Å². The van der Waals surface area contributed by atoms with Gasteiger partial charge in [0.2, 0.25) is 0 Å². The summed E-state index contributed by atoms with van der Waals surface area (Å²) >= 11 is 0. The lowest BCUT2D eigenvalue weighted by Gasteiger charge is -2.11. The van der Waals surface area contributed by atoms with Crippen LogP contribution in [0, 0.1) is 0 Å². The Labute approximate surface area is 117 Å². The summed E-state index contributed by atoms with van der Waals surface area (Å²) in [6.45, 7) is 3.87. The molecule has 104 valence electrons. The molecule has 2 aromatic heterocycles. The molecule has 0 saturated carbocycles. The summed E-state index contributed by atoms with van der Waals surface area (Å²) in [5.74, 6) is -0.345. The van der Waals surface area contributed by atoms with Crippen LogP contribution < -0.4 is 10.9 Å². The number of hydrogen-bond acceptors (Lipinski definition) is 3. The van der Waals surface area contributed by atoms with Gasteiger partial charge in [-0.2, -0.15) is 0 Å². The smallest absolute Gasteiger partial charge is 0.261 e. The fourth-order valence-electron chi connectivity index (χ4n) is 1.76. The van der Waals surface area contributed by atoms with Crippen molar-refractivity contribution in [2.45, 2.75) is 26.3 Å². The topological polar surface area (TPSA) is 74.8 Å². The fraction of sp³-hybridized carbons (Fsp3) is 0.267. The van der Waals surface area contributed by atoms with E-state index in [9.17, 15) is 9.59 Å². The van der Waals surface area contributed by atoms with Gasteiger partial charge < -0.3 is 10.3 Å². The zero-order chi connectivity index (χ0) is 14.5. The van der Waals surface area contributed by atoms with E-state index in [0.717, 1.165) is 12.0 Å². The average molecular weight is 271 g/mol. The number of hydrogen-bond donors (Lipinski definition) is 2. The Morgan fingerprint density at radius 3 is 2.60 bits per heavy atom. The minimum atomic E-state index is -0.389. The molecule has 1 atom stereocenters. The first kappa shape index (κ1) is 14.0. The van der Waals surface area contributed by atoms with Gasteiger partial charge in [0.05, 0.1) is 0 Å². The highest BCUT2D eigenvalue weighted by Crippen LogP contribution is 2.13. The molecule has 5 nitrogen and oxygen atoms in total. The van der Waals surface area contributed by atoms with Gasteiger partial charge in [-0.15, -0.1) is 0 Å². The summed E-state index contributed by atoms with van der Waals surface area (Å²) in [5.41, 5.74) is 1.26. The molecule has 0 spiro atoms. The fourth-order valence-corrected chi connectivity index (χ4v) is 1.76. The van der Waals surface area contributed by atoms with E-state index in [1.165, 1.54) is 0 Å². The molecule has 0 aliphatic heterocycles. The molecule has 2 aromatic rings. The summed E-state index contributed by atoms with van der Waals surface area (Å²) in [6, 6.07) is 6.91. The molecule has 20 heavy (non-hydrogen) atoms. The van der Waals surface area contributed by atoms with E-state index in [-0.39, 0.29) is 23.1 Å². The lowest BCUT2D eigenvalue weighted by molar-refractivity contribution is 0.0938. The molecule has 0 bridgehead atoms. The Balaban J connectivity index is 2.27. The van der Waals surface area contributed by atoms with Crippen LogP contribution in [-0.4, -0.2) is 21.9 Å². The van der Waals surface area contributed by atoms with Gasteiger partial charge in [0.1, 0.15) is 5.56 Å². The Kier molecular flexibility index (Phi) is 4.30. The molecular formula is C15H17N3O2. The van der Waals surface area contributed by atoms with E-state index in [1.807, 2.05) is 13.8 Å². The third kappa shape index (κ3) is 3.12. The third-order valence-electron chi connectivity index (χ3n) is 3.14. The molecule has 2 N–H and O–H groups in total. The second-order valence-corrected chi connectivity index (χ2v) is 4.63. The Hall–Kier alpha value is -2.43. The number of aromatic amines is 1. The lowest BCUT2D eigenvalue weighted by Crippen LogP contribution is -2.35. The second-order valence-electron chi connectivity index (χ2n) is 4.63. The number of nitrogens with one attached hydrogen (secondary N) is 2. The van der Waals surface area contributed by atoms with Gasteiger partial charge in [-0.05, 0) is 37.6 Å². The molecule has 2 rings (SSSR count). The maximum Gasteiger partial charge on any atom is 0.261 e. The summed E-state index contributed by atoms with van der Waals surface area (Å²) in [7, 11) is 0. The predicted octanol–water partition coefficient (Wildman–Crippen LogP) is 1.97. The normalized spacial score (nSPS) is 11.9. The Morgan fingerprint density at radius 2 is 2.00 bits per heavy atom. The third-order valence-corrected chi connectivity index (χ3v) is 3.14. The number of amides is 1. The van der Waals surface area contributed by atoms with E-state index < -0.39 is 0 Å². The van der Waals surface area contributed by atoms with Crippen LogP contribution in [0.2, 0.25) is 0 Å². The van der Waals surface area contributed by atoms with E-state index in [0.29, 0.717) is 5.69 Å². The van der Waals surface area contributed by atoms with Crippen molar-refractivity contribution in [1.82, 2.24) is 15.3 Å². The van der Waals surface area contributed by atoms with Gasteiger partial charge in [0.15, 0.2) is 0 Å². The first-order valence-corrected chi connectivity index (χ1v) is 6.56. The number of H-pyrrole nitrogens is 1. The average Bonchev–Trinajstić information content (AvgIpc) is 2.47. The number of pyridine rings is 2. The molecule has 0 aliphatic carbocycles. The molecule has 0 saturated heterocycles. The number of carbonyl (C=O) groups is 1. The van der Waals surface area contributed by atoms with Crippen LogP contribution >= 0.6 is 0 Å². The first-order valence-electron chi connectivity index (χ1n) is 6.56. The maximum atomic E-state index is 12.0. The van der Waals surface area contributed by atoms with Crippen LogP contribution in [0.15, 0.2) is 41.5 Å². The van der Waals surface area contributed by atoms with Gasteiger partial charge in [0, 0.05) is 29.7 Å². The number of nitrogens with zero attached hydrogens (tertiary/aromatic N) is 1. The van der Waals surface area contributed by atoms with Crippen LogP contribution in [-0.2, 0) is 0 Å². The van der Waals surface area contributed by atoms with Gasteiger partial charge in [-0.1, -0.05) is 6.92 Å². The van der Waals surface area contributed by atoms with E-state index in [2.05, 4.69) is 15.3 Å². The number of rotatable bonds is 4. The Bertz CT molecular complexity index is 650. The lowest BCUT2D eigenvalue weighted by atomic mass is 10.1. The van der Waals surface area contributed by atoms with Crippen molar-refractivity contribution in [2.24, 2.45) is 0 Å². The van der Waals surface area contributed by atoms with E-state index in [4.69, 9.17) is 0 Å². The SMILES string of the molecule is CC[C@@H](C)NC(=O)c1ccc(-c2ccncc2)[nH]c1=O. The van der Waals surface area contributed by atoms with Crippen LogP contribution in [0.5, 0.6) is 0 Å². The summed E-state index contributed by atoms with van der Waals surface area (Å²) in [4.78, 5) is 30.6. The van der Waals surface area contributed by atoms with Crippen molar-refractivity contribution in [3.05, 3.63) is 52.6 Å². The minimum Gasteiger partial charge on any atom is -0.349 e. The summed E-state index contributed by atoms with van der Waals surface area (Å²) < 4.78 is 0. The molecule has 0 aromatic carbocycles. The monoisotopic (exact) mass is 271 g/mol. The van der Waals surface area contributed by atoms with E-state index in [1.54, 1.807) is 36.7 Å². The van der Waals surface area contributed by atoms with Gasteiger partial charge in [-0.3, -0.25) is 14.6 Å². The zero-order valence-corrected chi connectivity index (χ0v) is 11.5. The number of carbonyl (C=O) groups excluding carboxylic acids is 1. The van der Waals surface area contributed by atoms with Crippen molar-refractivity contribution in [1.29, 1.82) is 0 Å². The molecule has 5 heteroatoms. The standard InChI is InChI=1S/C15H17N3O2/c1-3-10(2)17-14(19)12-4-5-13(18-15(12)20)11-6-8-16-9-7-11/h4-10H,3H2,1-2H3,(H,17,19)(H,18,20)/t10-/m1/s1. The largest absolute Gasteiger partial charge is 0.349 e. The highest BCUT2D eigenvalue weighted by Gasteiger charge is 2.13. The molecule has 2 heterocycles. The molecular weight excluding hydrogens is 254 g/mol. The quantitative estimate of drug-likeness (QED) is 0.892. The van der Waals surface area contributed by atoms with Crippen molar-refractivity contribution >= 4 is 5.91 Å². The highest BCUT2D eigenvalue weighted by molar-refractivity contribution is 5.94. The van der Waals surface area contributed by atoms with Crippen LogP contribution in [0.3, 0.4) is 0 Å². The van der Waals surface area contributed by atoms with Gasteiger partial charge in [0.25, 0.3) is 11.5 Å². The van der Waals surface area contributed by atoms with E-state index >= 15 is 0 Å². The first-order chi connectivity index (χ1) is 9.61. The molecule has 0 radical (unpaired) electrons. The Morgan fingerprint density at radius 1 is 1.30 bits per heavy atom. The van der Waals surface area contributed by atoms with Crippen molar-refractivity contribution < 1.29 is 4.79 Å². The van der Waals surface area contributed by atoms with Crippen molar-refractivity contribution in [2.75, 3.05) is 0 Å². The second kappa shape index (κ2) is 6.14.